The highest BCUT2D eigenvalue weighted by Crippen LogP contribution is 2.28. The molecule has 0 aliphatic heterocycles. The average molecular weight is 326 g/mol. The van der Waals surface area contributed by atoms with Crippen LogP contribution >= 0.6 is 36.2 Å². The van der Waals surface area contributed by atoms with Gasteiger partial charge in [0.1, 0.15) is 5.01 Å². The summed E-state index contributed by atoms with van der Waals surface area (Å²) in [6.45, 7) is 2.05. The number of amides is 1. The largest absolute Gasteiger partial charge is 0.345 e. The number of thiazole rings is 1. The molecule has 0 spiro atoms. The molecule has 1 unspecified atom stereocenters. The van der Waals surface area contributed by atoms with Crippen molar-refractivity contribution < 1.29 is 4.79 Å². The van der Waals surface area contributed by atoms with Crippen molar-refractivity contribution >= 4 is 42.1 Å². The van der Waals surface area contributed by atoms with E-state index in [4.69, 9.17) is 5.73 Å². The van der Waals surface area contributed by atoms with E-state index in [0.29, 0.717) is 0 Å². The zero-order chi connectivity index (χ0) is 12.3. The number of carbonyl (C=O) groups is 1. The van der Waals surface area contributed by atoms with Gasteiger partial charge in [0.05, 0.1) is 11.6 Å². The Kier molecular flexibility index (Phi) is 7.89. The highest BCUT2D eigenvalue weighted by atomic mass is 35.5. The standard InChI is InChI=1S/C12H19N3OS.2ClH/c1-2-9(10-14-7-8-17-10)15-11(16)12(13)5-3-4-6-12;;/h7-9H,2-6,13H2,1H3,(H,15,16);2*1H. The predicted molar refractivity (Wildman–Crippen MR) is 83.2 cm³/mol. The van der Waals surface area contributed by atoms with Gasteiger partial charge in [-0.3, -0.25) is 4.79 Å². The van der Waals surface area contributed by atoms with Crippen molar-refractivity contribution in [3.63, 3.8) is 0 Å². The number of hydrogen-bond acceptors (Lipinski definition) is 4. The highest BCUT2D eigenvalue weighted by Gasteiger charge is 2.37. The van der Waals surface area contributed by atoms with Gasteiger partial charge < -0.3 is 11.1 Å². The van der Waals surface area contributed by atoms with E-state index in [1.807, 2.05) is 12.3 Å². The van der Waals surface area contributed by atoms with E-state index in [0.717, 1.165) is 37.1 Å². The molecule has 1 aromatic rings. The molecule has 1 aliphatic carbocycles. The Labute approximate surface area is 130 Å². The first-order chi connectivity index (χ1) is 8.15. The molecule has 110 valence electrons. The number of hydrogen-bond donors (Lipinski definition) is 2. The van der Waals surface area contributed by atoms with Gasteiger partial charge >= 0.3 is 0 Å². The second-order valence-corrected chi connectivity index (χ2v) is 5.59. The molecule has 19 heavy (non-hydrogen) atoms. The Morgan fingerprint density at radius 2 is 2.16 bits per heavy atom. The van der Waals surface area contributed by atoms with Crippen molar-refractivity contribution in [1.82, 2.24) is 10.3 Å². The van der Waals surface area contributed by atoms with Gasteiger partial charge in [0.15, 0.2) is 0 Å². The van der Waals surface area contributed by atoms with Crippen LogP contribution in [-0.4, -0.2) is 16.4 Å². The van der Waals surface area contributed by atoms with Gasteiger partial charge in [0, 0.05) is 11.6 Å². The maximum Gasteiger partial charge on any atom is 0.240 e. The van der Waals surface area contributed by atoms with Gasteiger partial charge in [0.25, 0.3) is 0 Å². The summed E-state index contributed by atoms with van der Waals surface area (Å²) in [6.07, 6.45) is 6.31. The minimum absolute atomic E-state index is 0. The number of rotatable bonds is 4. The van der Waals surface area contributed by atoms with E-state index in [1.54, 1.807) is 17.5 Å². The molecule has 0 aromatic carbocycles. The summed E-state index contributed by atoms with van der Waals surface area (Å²) >= 11 is 1.57. The number of aromatic nitrogens is 1. The summed E-state index contributed by atoms with van der Waals surface area (Å²) in [5.41, 5.74) is 5.48. The zero-order valence-electron chi connectivity index (χ0n) is 10.9. The third kappa shape index (κ3) is 4.31. The molecule has 1 fully saturated rings. The fraction of sp³-hybridized carbons (Fsp3) is 0.667. The zero-order valence-corrected chi connectivity index (χ0v) is 13.4. The molecular weight excluding hydrogens is 305 g/mol. The summed E-state index contributed by atoms with van der Waals surface area (Å²) in [5.74, 6) is -0.0166. The lowest BCUT2D eigenvalue weighted by molar-refractivity contribution is -0.127. The normalized spacial score (nSPS) is 18.0. The van der Waals surface area contributed by atoms with Crippen LogP contribution < -0.4 is 11.1 Å². The first-order valence-electron chi connectivity index (χ1n) is 6.15. The Morgan fingerprint density at radius 1 is 1.53 bits per heavy atom. The number of carbonyl (C=O) groups excluding carboxylic acids is 1. The number of halogens is 2. The van der Waals surface area contributed by atoms with Gasteiger partial charge in [0.2, 0.25) is 5.91 Å². The average Bonchev–Trinajstić information content (AvgIpc) is 2.97. The highest BCUT2D eigenvalue weighted by molar-refractivity contribution is 7.09. The van der Waals surface area contributed by atoms with Crippen molar-refractivity contribution in [3.8, 4) is 0 Å². The third-order valence-corrected chi connectivity index (χ3v) is 4.30. The molecule has 2 rings (SSSR count). The smallest absolute Gasteiger partial charge is 0.240 e. The number of nitrogens with zero attached hydrogens (tertiary/aromatic N) is 1. The van der Waals surface area contributed by atoms with Crippen LogP contribution in [0.25, 0.3) is 0 Å². The predicted octanol–water partition coefficient (Wildman–Crippen LogP) is 2.83. The molecule has 1 saturated carbocycles. The fourth-order valence-electron chi connectivity index (χ4n) is 2.28. The van der Waals surface area contributed by atoms with E-state index in [9.17, 15) is 4.79 Å². The van der Waals surface area contributed by atoms with Crippen molar-refractivity contribution in [2.45, 2.75) is 50.6 Å². The fourth-order valence-corrected chi connectivity index (χ4v) is 3.05. The monoisotopic (exact) mass is 325 g/mol. The van der Waals surface area contributed by atoms with Crippen molar-refractivity contribution in [2.24, 2.45) is 5.73 Å². The van der Waals surface area contributed by atoms with Gasteiger partial charge in [-0.15, -0.1) is 36.2 Å². The Morgan fingerprint density at radius 3 is 2.63 bits per heavy atom. The molecule has 1 heterocycles. The minimum atomic E-state index is -0.648. The summed E-state index contributed by atoms with van der Waals surface area (Å²) < 4.78 is 0. The van der Waals surface area contributed by atoms with E-state index >= 15 is 0 Å². The summed E-state index contributed by atoms with van der Waals surface area (Å²) in [6, 6.07) is 0.00326. The Balaban J connectivity index is 0.00000162. The van der Waals surface area contributed by atoms with E-state index in [2.05, 4.69) is 10.3 Å². The topological polar surface area (TPSA) is 68.0 Å². The summed E-state index contributed by atoms with van der Waals surface area (Å²) in [4.78, 5) is 16.4. The van der Waals surface area contributed by atoms with E-state index in [-0.39, 0.29) is 36.8 Å². The van der Waals surface area contributed by atoms with Crippen molar-refractivity contribution in [2.75, 3.05) is 0 Å². The number of nitrogens with two attached hydrogens (primary N) is 1. The van der Waals surface area contributed by atoms with Crippen LogP contribution in [0.3, 0.4) is 0 Å². The lowest BCUT2D eigenvalue weighted by Gasteiger charge is -2.25. The first-order valence-corrected chi connectivity index (χ1v) is 7.03. The second-order valence-electron chi connectivity index (χ2n) is 4.67. The molecule has 0 bridgehead atoms. The molecule has 1 atom stereocenters. The molecule has 4 nitrogen and oxygen atoms in total. The summed E-state index contributed by atoms with van der Waals surface area (Å²) in [5, 5.41) is 5.92. The van der Waals surface area contributed by atoms with Crippen LogP contribution in [0.2, 0.25) is 0 Å². The molecular formula is C12H21Cl2N3OS. The minimum Gasteiger partial charge on any atom is -0.345 e. The lowest BCUT2D eigenvalue weighted by Crippen LogP contribution is -2.52. The van der Waals surface area contributed by atoms with Crippen LogP contribution in [0.4, 0.5) is 0 Å². The number of nitrogens with one attached hydrogen (secondary N) is 1. The second kappa shape index (κ2) is 8.04. The van der Waals surface area contributed by atoms with Crippen LogP contribution in [-0.2, 0) is 4.79 Å². The molecule has 3 N–H and O–H groups in total. The van der Waals surface area contributed by atoms with Gasteiger partial charge in [-0.2, -0.15) is 0 Å². The maximum absolute atomic E-state index is 12.2. The van der Waals surface area contributed by atoms with Crippen LogP contribution in [0.5, 0.6) is 0 Å². The van der Waals surface area contributed by atoms with Crippen LogP contribution in [0.15, 0.2) is 11.6 Å². The molecule has 1 aromatic heterocycles. The molecule has 0 saturated heterocycles. The van der Waals surface area contributed by atoms with Crippen molar-refractivity contribution in [3.05, 3.63) is 16.6 Å². The Hall–Kier alpha value is -0.360. The maximum atomic E-state index is 12.2. The lowest BCUT2D eigenvalue weighted by atomic mass is 9.97. The first kappa shape index (κ1) is 18.6. The van der Waals surface area contributed by atoms with Gasteiger partial charge in [-0.05, 0) is 19.3 Å². The third-order valence-electron chi connectivity index (χ3n) is 3.41. The SMILES string of the molecule is CCC(NC(=O)C1(N)CCCC1)c1nccs1.Cl.Cl. The molecule has 1 aliphatic rings. The van der Waals surface area contributed by atoms with Crippen LogP contribution in [0, 0.1) is 0 Å². The van der Waals surface area contributed by atoms with Crippen LogP contribution in [0.1, 0.15) is 50.1 Å². The molecule has 7 heteroatoms. The van der Waals surface area contributed by atoms with Gasteiger partial charge in [-0.1, -0.05) is 19.8 Å². The quantitative estimate of drug-likeness (QED) is 0.894. The molecule has 1 amide bonds. The van der Waals surface area contributed by atoms with E-state index < -0.39 is 5.54 Å². The summed E-state index contributed by atoms with van der Waals surface area (Å²) in [7, 11) is 0. The molecule has 0 radical (unpaired) electrons. The van der Waals surface area contributed by atoms with Gasteiger partial charge in [-0.25, -0.2) is 4.98 Å². The van der Waals surface area contributed by atoms with E-state index in [1.165, 1.54) is 0 Å². The van der Waals surface area contributed by atoms with Crippen molar-refractivity contribution in [1.29, 1.82) is 0 Å². The Bertz CT molecular complexity index is 380.